The fraction of sp³-hybridized carbons (Fsp3) is 0.750. The Bertz CT molecular complexity index is 170. The van der Waals surface area contributed by atoms with Crippen LogP contribution in [0.15, 0.2) is 12.2 Å². The first-order valence-electron chi connectivity index (χ1n) is 5.23. The maximum atomic E-state index is 11.0. The van der Waals surface area contributed by atoms with Gasteiger partial charge < -0.3 is 0 Å². The van der Waals surface area contributed by atoms with Crippen LogP contribution in [0.2, 0.25) is 0 Å². The summed E-state index contributed by atoms with van der Waals surface area (Å²) >= 11 is 0. The third-order valence-electron chi connectivity index (χ3n) is 2.39. The zero-order valence-corrected chi connectivity index (χ0v) is 9.34. The van der Waals surface area contributed by atoms with Crippen LogP contribution in [0, 0.1) is 11.8 Å². The molecule has 0 aromatic heterocycles. The second-order valence-corrected chi connectivity index (χ2v) is 3.97. The summed E-state index contributed by atoms with van der Waals surface area (Å²) in [5, 5.41) is 0. The first-order valence-corrected chi connectivity index (χ1v) is 5.23. The van der Waals surface area contributed by atoms with Crippen LogP contribution in [0.4, 0.5) is 0 Å². The Balaban J connectivity index is 3.67. The van der Waals surface area contributed by atoms with Gasteiger partial charge in [-0.2, -0.15) is 0 Å². The maximum absolute atomic E-state index is 11.0. The van der Waals surface area contributed by atoms with E-state index in [1.165, 1.54) is 0 Å². The van der Waals surface area contributed by atoms with Gasteiger partial charge >= 0.3 is 0 Å². The lowest BCUT2D eigenvalue weighted by Crippen LogP contribution is -2.10. The number of rotatable bonds is 6. The number of ketones is 1. The fourth-order valence-electron chi connectivity index (χ4n) is 1.36. The van der Waals surface area contributed by atoms with Crippen molar-refractivity contribution in [3.63, 3.8) is 0 Å². The van der Waals surface area contributed by atoms with Crippen molar-refractivity contribution >= 4 is 5.78 Å². The van der Waals surface area contributed by atoms with Gasteiger partial charge in [0.25, 0.3) is 0 Å². The van der Waals surface area contributed by atoms with Gasteiger partial charge in [-0.15, -0.1) is 0 Å². The lowest BCUT2D eigenvalue weighted by molar-refractivity contribution is -0.120. The number of hydrogen-bond donors (Lipinski definition) is 0. The van der Waals surface area contributed by atoms with Gasteiger partial charge in [0.15, 0.2) is 0 Å². The maximum Gasteiger partial charge on any atom is 0.132 e. The molecule has 0 heterocycles. The van der Waals surface area contributed by atoms with E-state index in [9.17, 15) is 4.79 Å². The molecular formula is C12H22O. The van der Waals surface area contributed by atoms with E-state index >= 15 is 0 Å². The highest BCUT2D eigenvalue weighted by Crippen LogP contribution is 2.16. The van der Waals surface area contributed by atoms with Gasteiger partial charge in [0.05, 0.1) is 0 Å². The topological polar surface area (TPSA) is 17.1 Å². The number of carbonyl (C=O) groups is 1. The molecule has 0 amide bonds. The molecule has 1 nitrogen and oxygen atoms in total. The third-order valence-corrected chi connectivity index (χ3v) is 2.39. The Hall–Kier alpha value is -0.590. The van der Waals surface area contributed by atoms with Crippen LogP contribution in [-0.4, -0.2) is 5.78 Å². The predicted octanol–water partition coefficient (Wildman–Crippen LogP) is 3.59. The van der Waals surface area contributed by atoms with Crippen molar-refractivity contribution in [3.8, 4) is 0 Å². The van der Waals surface area contributed by atoms with Crippen molar-refractivity contribution in [2.75, 3.05) is 0 Å². The molecule has 0 saturated carbocycles. The highest BCUT2D eigenvalue weighted by atomic mass is 16.1. The van der Waals surface area contributed by atoms with Crippen LogP contribution in [-0.2, 0) is 4.79 Å². The Kier molecular flexibility index (Phi) is 6.56. The average Bonchev–Trinajstić information content (AvgIpc) is 2.04. The smallest absolute Gasteiger partial charge is 0.132 e. The molecule has 0 spiro atoms. The van der Waals surface area contributed by atoms with E-state index in [1.807, 2.05) is 6.92 Å². The summed E-state index contributed by atoms with van der Waals surface area (Å²) in [6.07, 6.45) is 7.64. The summed E-state index contributed by atoms with van der Waals surface area (Å²) < 4.78 is 0. The average molecular weight is 182 g/mol. The van der Waals surface area contributed by atoms with Gasteiger partial charge in [-0.25, -0.2) is 0 Å². The second kappa shape index (κ2) is 6.88. The van der Waals surface area contributed by atoms with E-state index in [4.69, 9.17) is 0 Å². The molecule has 2 unspecified atom stereocenters. The van der Waals surface area contributed by atoms with Crippen molar-refractivity contribution in [1.29, 1.82) is 0 Å². The molecule has 76 valence electrons. The van der Waals surface area contributed by atoms with E-state index in [2.05, 4.69) is 26.0 Å². The second-order valence-electron chi connectivity index (χ2n) is 3.97. The van der Waals surface area contributed by atoms with Gasteiger partial charge in [0, 0.05) is 5.92 Å². The molecular weight excluding hydrogens is 160 g/mol. The van der Waals surface area contributed by atoms with Crippen molar-refractivity contribution < 1.29 is 4.79 Å². The molecule has 1 heteroatoms. The van der Waals surface area contributed by atoms with Crippen LogP contribution in [0.25, 0.3) is 0 Å². The predicted molar refractivity (Wildman–Crippen MR) is 57.7 cm³/mol. The minimum atomic E-state index is 0.227. The molecule has 0 aliphatic heterocycles. The van der Waals surface area contributed by atoms with Crippen LogP contribution >= 0.6 is 0 Å². The van der Waals surface area contributed by atoms with Crippen LogP contribution in [0.3, 0.4) is 0 Å². The minimum Gasteiger partial charge on any atom is -0.300 e. The lowest BCUT2D eigenvalue weighted by atomic mass is 9.92. The van der Waals surface area contributed by atoms with Crippen LogP contribution in [0.1, 0.15) is 47.0 Å². The number of Topliss-reactive ketones (excluding diaryl/α,β-unsaturated/α-hetero) is 1. The van der Waals surface area contributed by atoms with E-state index < -0.39 is 0 Å². The zero-order chi connectivity index (χ0) is 10.3. The molecule has 0 aliphatic rings. The first kappa shape index (κ1) is 12.4. The van der Waals surface area contributed by atoms with E-state index in [1.54, 1.807) is 6.92 Å². The molecule has 0 radical (unpaired) electrons. The van der Waals surface area contributed by atoms with Crippen LogP contribution in [0.5, 0.6) is 0 Å². The number of carbonyl (C=O) groups excluding carboxylic acids is 1. The van der Waals surface area contributed by atoms with Gasteiger partial charge in [-0.05, 0) is 32.1 Å². The molecule has 0 aromatic carbocycles. The normalized spacial score (nSPS) is 16.0. The van der Waals surface area contributed by atoms with E-state index in [-0.39, 0.29) is 5.92 Å². The van der Waals surface area contributed by atoms with E-state index in [0.717, 1.165) is 19.3 Å². The number of hydrogen-bond acceptors (Lipinski definition) is 1. The first-order chi connectivity index (χ1) is 6.07. The Labute approximate surface area is 82.2 Å². The fourth-order valence-corrected chi connectivity index (χ4v) is 1.36. The molecule has 2 atom stereocenters. The molecule has 0 saturated heterocycles. The highest BCUT2D eigenvalue weighted by Gasteiger charge is 2.11. The zero-order valence-electron chi connectivity index (χ0n) is 9.34. The standard InChI is InChI=1S/C12H22O/c1-5-6-7-8-10(2)9-11(3)12(4)13/h6-7,10-11H,5,8-9H2,1-4H3. The van der Waals surface area contributed by atoms with E-state index in [0.29, 0.717) is 11.7 Å². The Morgan fingerprint density at radius 1 is 1.31 bits per heavy atom. The van der Waals surface area contributed by atoms with Gasteiger partial charge in [-0.3, -0.25) is 4.79 Å². The van der Waals surface area contributed by atoms with Crippen molar-refractivity contribution in [2.24, 2.45) is 11.8 Å². The lowest BCUT2D eigenvalue weighted by Gasteiger charge is -2.12. The van der Waals surface area contributed by atoms with Gasteiger partial charge in [-0.1, -0.05) is 32.9 Å². The molecule has 13 heavy (non-hydrogen) atoms. The van der Waals surface area contributed by atoms with Crippen molar-refractivity contribution in [2.45, 2.75) is 47.0 Å². The highest BCUT2D eigenvalue weighted by molar-refractivity contribution is 5.77. The minimum absolute atomic E-state index is 0.227. The largest absolute Gasteiger partial charge is 0.300 e. The summed E-state index contributed by atoms with van der Waals surface area (Å²) in [6.45, 7) is 8.04. The quantitative estimate of drug-likeness (QED) is 0.574. The summed E-state index contributed by atoms with van der Waals surface area (Å²) in [6, 6.07) is 0. The molecule has 0 aromatic rings. The SMILES string of the molecule is CCC=CCC(C)CC(C)C(C)=O. The van der Waals surface area contributed by atoms with Gasteiger partial charge in [0.2, 0.25) is 0 Å². The van der Waals surface area contributed by atoms with Crippen LogP contribution < -0.4 is 0 Å². The summed E-state index contributed by atoms with van der Waals surface area (Å²) in [5.74, 6) is 1.16. The third kappa shape index (κ3) is 6.56. The number of allylic oxidation sites excluding steroid dienone is 2. The monoisotopic (exact) mass is 182 g/mol. The summed E-state index contributed by atoms with van der Waals surface area (Å²) in [4.78, 5) is 11.0. The van der Waals surface area contributed by atoms with Crippen molar-refractivity contribution in [1.82, 2.24) is 0 Å². The Morgan fingerprint density at radius 2 is 1.92 bits per heavy atom. The van der Waals surface area contributed by atoms with Gasteiger partial charge in [0.1, 0.15) is 5.78 Å². The molecule has 0 N–H and O–H groups in total. The molecule has 0 aliphatic carbocycles. The Morgan fingerprint density at radius 3 is 2.38 bits per heavy atom. The molecule has 0 fully saturated rings. The molecule has 0 bridgehead atoms. The van der Waals surface area contributed by atoms with Crippen molar-refractivity contribution in [3.05, 3.63) is 12.2 Å². The summed E-state index contributed by atoms with van der Waals surface area (Å²) in [5.41, 5.74) is 0. The summed E-state index contributed by atoms with van der Waals surface area (Å²) in [7, 11) is 0. The molecule has 0 rings (SSSR count).